The van der Waals surface area contributed by atoms with Gasteiger partial charge in [-0.2, -0.15) is 0 Å². The molecule has 1 rings (SSSR count). The number of hydrogen-bond acceptors (Lipinski definition) is 5. The molecule has 0 aromatic rings. The zero-order valence-electron chi connectivity index (χ0n) is 10.1. The lowest BCUT2D eigenvalue weighted by Gasteiger charge is -2.18. The first-order chi connectivity index (χ1) is 9.00. The Hall–Kier alpha value is -2.25. The molecule has 0 aromatic heterocycles. The van der Waals surface area contributed by atoms with Crippen molar-refractivity contribution in [2.75, 3.05) is 13.2 Å². The lowest BCUT2D eigenvalue weighted by Crippen LogP contribution is -2.42. The number of hydrogen-bond donors (Lipinski definition) is 3. The first-order valence-electron chi connectivity index (χ1n) is 5.70. The van der Waals surface area contributed by atoms with Crippen molar-refractivity contribution in [3.05, 3.63) is 12.0 Å². The van der Waals surface area contributed by atoms with Crippen molar-refractivity contribution in [2.24, 2.45) is 0 Å². The van der Waals surface area contributed by atoms with Crippen molar-refractivity contribution >= 4 is 17.8 Å². The number of nitrogens with one attached hydrogen (secondary N) is 1. The van der Waals surface area contributed by atoms with Crippen LogP contribution in [0.25, 0.3) is 0 Å². The highest BCUT2D eigenvalue weighted by atomic mass is 16.6. The fraction of sp³-hybridized carbons (Fsp3) is 0.545. The van der Waals surface area contributed by atoms with Crippen LogP contribution in [0.1, 0.15) is 19.3 Å². The van der Waals surface area contributed by atoms with Gasteiger partial charge in [0.1, 0.15) is 25.5 Å². The van der Waals surface area contributed by atoms with Crippen LogP contribution in [0.15, 0.2) is 12.0 Å². The topological polar surface area (TPSA) is 122 Å². The van der Waals surface area contributed by atoms with E-state index in [1.165, 1.54) is 0 Å². The van der Waals surface area contributed by atoms with Crippen LogP contribution in [0.3, 0.4) is 0 Å². The van der Waals surface area contributed by atoms with E-state index in [0.29, 0.717) is 6.61 Å². The molecule has 3 N–H and O–H groups in total. The maximum absolute atomic E-state index is 11.6. The molecule has 1 aliphatic rings. The minimum atomic E-state index is -1.23. The molecule has 8 nitrogen and oxygen atoms in total. The summed E-state index contributed by atoms with van der Waals surface area (Å²) in [5.41, 5.74) is 0. The van der Waals surface area contributed by atoms with Gasteiger partial charge in [0.2, 0.25) is 5.76 Å². The molecular formula is C11H15NO7. The van der Waals surface area contributed by atoms with Crippen LogP contribution in [-0.4, -0.2) is 47.3 Å². The number of carboxylic acid groups (broad SMARTS) is 2. The van der Waals surface area contributed by atoms with Gasteiger partial charge in [-0.3, -0.25) is 9.59 Å². The summed E-state index contributed by atoms with van der Waals surface area (Å²) in [4.78, 5) is 32.9. The van der Waals surface area contributed by atoms with E-state index in [1.54, 1.807) is 0 Å². The van der Waals surface area contributed by atoms with Crippen LogP contribution in [-0.2, 0) is 23.9 Å². The molecule has 0 aromatic carbocycles. The standard InChI is InChI=1S/C11H15NO7/c13-9(14)3-1-2-7(11(16)17)12-10(15)8-6-18-4-5-19-8/h6-7H,1-5H2,(H,12,15)(H,13,14)(H,16,17)/t7-/m1/s1. The highest BCUT2D eigenvalue weighted by Crippen LogP contribution is 2.07. The molecule has 1 aliphatic heterocycles. The van der Waals surface area contributed by atoms with E-state index in [0.717, 1.165) is 6.26 Å². The maximum atomic E-state index is 11.6. The second kappa shape index (κ2) is 7.24. The van der Waals surface area contributed by atoms with Gasteiger partial charge in [-0.1, -0.05) is 0 Å². The Morgan fingerprint density at radius 3 is 2.58 bits per heavy atom. The zero-order chi connectivity index (χ0) is 14.3. The van der Waals surface area contributed by atoms with Gasteiger partial charge in [-0.05, 0) is 12.8 Å². The third-order valence-corrected chi connectivity index (χ3v) is 2.36. The van der Waals surface area contributed by atoms with E-state index < -0.39 is 23.9 Å². The Balaban J connectivity index is 2.48. The molecule has 1 heterocycles. The van der Waals surface area contributed by atoms with Crippen LogP contribution in [0.2, 0.25) is 0 Å². The average molecular weight is 273 g/mol. The minimum Gasteiger partial charge on any atom is -0.494 e. The largest absolute Gasteiger partial charge is 0.494 e. The molecule has 1 amide bonds. The Morgan fingerprint density at radius 1 is 1.32 bits per heavy atom. The van der Waals surface area contributed by atoms with Gasteiger partial charge in [-0.15, -0.1) is 0 Å². The van der Waals surface area contributed by atoms with Crippen LogP contribution in [0.4, 0.5) is 0 Å². The average Bonchev–Trinajstić information content (AvgIpc) is 2.37. The molecule has 0 saturated carbocycles. The quantitative estimate of drug-likeness (QED) is 0.582. The van der Waals surface area contributed by atoms with Gasteiger partial charge in [0.15, 0.2) is 0 Å². The third-order valence-electron chi connectivity index (χ3n) is 2.36. The third kappa shape index (κ3) is 5.28. The number of rotatable bonds is 7. The summed E-state index contributed by atoms with van der Waals surface area (Å²) in [7, 11) is 0. The molecule has 19 heavy (non-hydrogen) atoms. The predicted octanol–water partition coefficient (Wildman–Crippen LogP) is -0.301. The first-order valence-corrected chi connectivity index (χ1v) is 5.70. The van der Waals surface area contributed by atoms with Crippen molar-refractivity contribution in [1.29, 1.82) is 0 Å². The summed E-state index contributed by atoms with van der Waals surface area (Å²) in [5.74, 6) is -3.02. The summed E-state index contributed by atoms with van der Waals surface area (Å²) < 4.78 is 9.88. The van der Waals surface area contributed by atoms with E-state index in [9.17, 15) is 14.4 Å². The van der Waals surface area contributed by atoms with E-state index in [1.807, 2.05) is 0 Å². The van der Waals surface area contributed by atoms with Crippen molar-refractivity contribution in [3.63, 3.8) is 0 Å². The highest BCUT2D eigenvalue weighted by Gasteiger charge is 2.23. The van der Waals surface area contributed by atoms with E-state index in [4.69, 9.17) is 19.7 Å². The van der Waals surface area contributed by atoms with Gasteiger partial charge in [0, 0.05) is 6.42 Å². The lowest BCUT2D eigenvalue weighted by molar-refractivity contribution is -0.142. The number of amides is 1. The van der Waals surface area contributed by atoms with E-state index >= 15 is 0 Å². The fourth-order valence-electron chi connectivity index (χ4n) is 1.43. The second-order valence-electron chi connectivity index (χ2n) is 3.85. The number of aliphatic carboxylic acids is 2. The molecular weight excluding hydrogens is 258 g/mol. The molecule has 0 radical (unpaired) electrons. The Kier molecular flexibility index (Phi) is 5.65. The molecule has 106 valence electrons. The summed E-state index contributed by atoms with van der Waals surface area (Å²) >= 11 is 0. The predicted molar refractivity (Wildman–Crippen MR) is 61.0 cm³/mol. The Morgan fingerprint density at radius 2 is 2.05 bits per heavy atom. The monoisotopic (exact) mass is 273 g/mol. The molecule has 0 aliphatic carbocycles. The SMILES string of the molecule is O=C(O)CCC[C@@H](NC(=O)C1=COCCO1)C(=O)O. The van der Waals surface area contributed by atoms with Crippen molar-refractivity contribution in [1.82, 2.24) is 5.32 Å². The molecule has 0 unspecified atom stereocenters. The second-order valence-corrected chi connectivity index (χ2v) is 3.85. The summed E-state index contributed by atoms with van der Waals surface area (Å²) in [6.45, 7) is 0.549. The van der Waals surface area contributed by atoms with Crippen LogP contribution < -0.4 is 5.32 Å². The lowest BCUT2D eigenvalue weighted by atomic mass is 10.1. The molecule has 8 heteroatoms. The fourth-order valence-corrected chi connectivity index (χ4v) is 1.43. The Bertz CT molecular complexity index is 391. The van der Waals surface area contributed by atoms with Gasteiger partial charge in [0.25, 0.3) is 5.91 Å². The minimum absolute atomic E-state index is 0.0293. The summed E-state index contributed by atoms with van der Waals surface area (Å²) in [6, 6.07) is -1.15. The molecule has 0 saturated heterocycles. The van der Waals surface area contributed by atoms with E-state index in [2.05, 4.69) is 5.32 Å². The van der Waals surface area contributed by atoms with Gasteiger partial charge in [0.05, 0.1) is 0 Å². The summed E-state index contributed by atoms with van der Waals surface area (Å²) in [6.07, 6.45) is 1.15. The van der Waals surface area contributed by atoms with E-state index in [-0.39, 0.29) is 31.6 Å². The Labute approximate surface area is 109 Å². The number of carbonyl (C=O) groups is 3. The maximum Gasteiger partial charge on any atom is 0.326 e. The van der Waals surface area contributed by atoms with Crippen LogP contribution >= 0.6 is 0 Å². The van der Waals surface area contributed by atoms with Crippen LogP contribution in [0, 0.1) is 0 Å². The number of carboxylic acids is 2. The van der Waals surface area contributed by atoms with Crippen molar-refractivity contribution < 1.29 is 34.1 Å². The summed E-state index contributed by atoms with van der Waals surface area (Å²) in [5, 5.41) is 19.7. The van der Waals surface area contributed by atoms with Crippen molar-refractivity contribution in [2.45, 2.75) is 25.3 Å². The normalized spacial score (nSPS) is 15.5. The number of carbonyl (C=O) groups excluding carboxylic acids is 1. The smallest absolute Gasteiger partial charge is 0.326 e. The zero-order valence-corrected chi connectivity index (χ0v) is 10.1. The number of ether oxygens (including phenoxy) is 2. The molecule has 0 fully saturated rings. The highest BCUT2D eigenvalue weighted by molar-refractivity contribution is 5.94. The van der Waals surface area contributed by atoms with Crippen LogP contribution in [0.5, 0.6) is 0 Å². The first kappa shape index (κ1) is 14.8. The molecule has 0 spiro atoms. The van der Waals surface area contributed by atoms with Gasteiger partial charge >= 0.3 is 11.9 Å². The van der Waals surface area contributed by atoms with Gasteiger partial charge < -0.3 is 25.0 Å². The van der Waals surface area contributed by atoms with Crippen molar-refractivity contribution in [3.8, 4) is 0 Å². The molecule has 1 atom stereocenters. The molecule has 0 bridgehead atoms. The van der Waals surface area contributed by atoms with Gasteiger partial charge in [-0.25, -0.2) is 4.79 Å².